The van der Waals surface area contributed by atoms with Crippen molar-refractivity contribution in [3.63, 3.8) is 0 Å². The number of hydrogen-bond donors (Lipinski definition) is 2. The predicted molar refractivity (Wildman–Crippen MR) is 92.9 cm³/mol. The lowest BCUT2D eigenvalue weighted by molar-refractivity contribution is -0.144. The normalized spacial score (nSPS) is 22.5. The minimum atomic E-state index is -1.86. The average Bonchev–Trinajstić information content (AvgIpc) is 3.12. The van der Waals surface area contributed by atoms with E-state index in [2.05, 4.69) is 10.6 Å². The van der Waals surface area contributed by atoms with Gasteiger partial charge in [0.2, 0.25) is 11.8 Å². The second-order valence-corrected chi connectivity index (χ2v) is 8.17. The summed E-state index contributed by atoms with van der Waals surface area (Å²) in [6.45, 7) is 6.02. The Kier molecular flexibility index (Phi) is 6.03. The molecule has 0 spiro atoms. The standard InChI is InChI=1S/C18H28FN3O4/c1-17(2,3)13(21-16(26)18(19)7-8-18)15(25)22-10-4-6-12(22)14(24)20-9-5-11-23/h11-13H,4-10H2,1-3H3,(H,20,24)(H,21,26)/t12-,13+/m0/s1. The fraction of sp³-hybridized carbons (Fsp3) is 0.778. The topological polar surface area (TPSA) is 95.6 Å². The van der Waals surface area contributed by atoms with Crippen LogP contribution in [0.1, 0.15) is 52.9 Å². The first-order chi connectivity index (χ1) is 12.1. The molecule has 0 bridgehead atoms. The molecule has 2 aliphatic rings. The van der Waals surface area contributed by atoms with E-state index >= 15 is 0 Å². The van der Waals surface area contributed by atoms with E-state index in [1.807, 2.05) is 0 Å². The molecule has 0 radical (unpaired) electrons. The van der Waals surface area contributed by atoms with Crippen LogP contribution in [0.4, 0.5) is 4.39 Å². The smallest absolute Gasteiger partial charge is 0.258 e. The third kappa shape index (κ3) is 4.59. The van der Waals surface area contributed by atoms with Crippen LogP contribution in [0.2, 0.25) is 0 Å². The zero-order valence-corrected chi connectivity index (χ0v) is 15.6. The third-order valence-electron chi connectivity index (χ3n) is 4.88. The predicted octanol–water partition coefficient (Wildman–Crippen LogP) is 0.716. The van der Waals surface area contributed by atoms with Crippen LogP contribution >= 0.6 is 0 Å². The maximum Gasteiger partial charge on any atom is 0.258 e. The minimum absolute atomic E-state index is 0.176. The Hall–Kier alpha value is -1.99. The highest BCUT2D eigenvalue weighted by molar-refractivity contribution is 5.95. The summed E-state index contributed by atoms with van der Waals surface area (Å²) in [7, 11) is 0. The summed E-state index contributed by atoms with van der Waals surface area (Å²) in [5.41, 5.74) is -2.49. The summed E-state index contributed by atoms with van der Waals surface area (Å²) in [5.74, 6) is -1.43. The molecule has 2 rings (SSSR count). The number of carbonyl (C=O) groups is 4. The molecule has 0 aromatic rings. The molecule has 2 N–H and O–H groups in total. The molecule has 0 aromatic carbocycles. The number of nitrogens with one attached hydrogen (secondary N) is 2. The van der Waals surface area contributed by atoms with Gasteiger partial charge in [-0.05, 0) is 31.1 Å². The molecule has 2 fully saturated rings. The monoisotopic (exact) mass is 369 g/mol. The van der Waals surface area contributed by atoms with Crippen LogP contribution in [-0.4, -0.2) is 59.7 Å². The van der Waals surface area contributed by atoms with E-state index < -0.39 is 29.1 Å². The molecule has 8 heteroatoms. The van der Waals surface area contributed by atoms with E-state index in [-0.39, 0.29) is 37.6 Å². The molecule has 1 aliphatic carbocycles. The first-order valence-corrected chi connectivity index (χ1v) is 9.12. The number of amides is 3. The number of carbonyl (C=O) groups excluding carboxylic acids is 4. The Morgan fingerprint density at radius 1 is 1.31 bits per heavy atom. The third-order valence-corrected chi connectivity index (χ3v) is 4.88. The molecule has 3 amide bonds. The van der Waals surface area contributed by atoms with Crippen LogP contribution in [-0.2, 0) is 19.2 Å². The van der Waals surface area contributed by atoms with E-state index in [4.69, 9.17) is 0 Å². The van der Waals surface area contributed by atoms with Crippen molar-refractivity contribution in [2.75, 3.05) is 13.1 Å². The Bertz CT molecular complexity index is 583. The highest BCUT2D eigenvalue weighted by atomic mass is 19.1. The number of hydrogen-bond acceptors (Lipinski definition) is 4. The summed E-state index contributed by atoms with van der Waals surface area (Å²) in [4.78, 5) is 49.4. The van der Waals surface area contributed by atoms with Crippen LogP contribution in [0.3, 0.4) is 0 Å². The largest absolute Gasteiger partial charge is 0.354 e. The summed E-state index contributed by atoms with van der Waals surface area (Å²) >= 11 is 0. The summed E-state index contributed by atoms with van der Waals surface area (Å²) in [6, 6.07) is -1.54. The van der Waals surface area contributed by atoms with Gasteiger partial charge in [-0.3, -0.25) is 14.4 Å². The molecule has 7 nitrogen and oxygen atoms in total. The van der Waals surface area contributed by atoms with E-state index in [1.54, 1.807) is 20.8 Å². The van der Waals surface area contributed by atoms with Gasteiger partial charge in [0.1, 0.15) is 18.4 Å². The van der Waals surface area contributed by atoms with Gasteiger partial charge in [-0.2, -0.15) is 0 Å². The van der Waals surface area contributed by atoms with Gasteiger partial charge in [-0.1, -0.05) is 20.8 Å². The van der Waals surface area contributed by atoms with Crippen molar-refractivity contribution in [2.45, 2.75) is 70.6 Å². The molecular formula is C18H28FN3O4. The van der Waals surface area contributed by atoms with Crippen LogP contribution in [0.5, 0.6) is 0 Å². The van der Waals surface area contributed by atoms with Crippen molar-refractivity contribution in [1.29, 1.82) is 0 Å². The van der Waals surface area contributed by atoms with E-state index in [0.29, 0.717) is 25.7 Å². The lowest BCUT2D eigenvalue weighted by atomic mass is 9.85. The number of likely N-dealkylation sites (tertiary alicyclic amines) is 1. The molecule has 26 heavy (non-hydrogen) atoms. The summed E-state index contributed by atoms with van der Waals surface area (Å²) < 4.78 is 14.0. The van der Waals surface area contributed by atoms with Gasteiger partial charge in [0.25, 0.3) is 5.91 Å². The zero-order chi connectivity index (χ0) is 19.5. The maximum atomic E-state index is 14.0. The van der Waals surface area contributed by atoms with Gasteiger partial charge >= 0.3 is 0 Å². The number of alkyl halides is 1. The lowest BCUT2D eigenvalue weighted by Crippen LogP contribution is -2.58. The maximum absolute atomic E-state index is 14.0. The van der Waals surface area contributed by atoms with E-state index in [0.717, 1.165) is 0 Å². The summed E-state index contributed by atoms with van der Waals surface area (Å²) in [6.07, 6.45) is 2.48. The second-order valence-electron chi connectivity index (χ2n) is 8.17. The number of aldehydes is 1. The fourth-order valence-electron chi connectivity index (χ4n) is 3.09. The Balaban J connectivity index is 2.09. The molecule has 0 unspecified atom stereocenters. The van der Waals surface area contributed by atoms with Crippen molar-refractivity contribution in [1.82, 2.24) is 15.5 Å². The van der Waals surface area contributed by atoms with Gasteiger partial charge in [0.05, 0.1) is 0 Å². The SMILES string of the molecule is CC(C)(C)[C@H](NC(=O)C1(F)CC1)C(=O)N1CCC[C@H]1C(=O)NCCC=O. The van der Waals surface area contributed by atoms with Crippen LogP contribution in [0, 0.1) is 5.41 Å². The average molecular weight is 369 g/mol. The lowest BCUT2D eigenvalue weighted by Gasteiger charge is -2.35. The quantitative estimate of drug-likeness (QED) is 0.510. The highest BCUT2D eigenvalue weighted by Crippen LogP contribution is 2.40. The van der Waals surface area contributed by atoms with Crippen LogP contribution in [0.25, 0.3) is 0 Å². The molecule has 146 valence electrons. The van der Waals surface area contributed by atoms with Gasteiger partial charge in [0, 0.05) is 19.5 Å². The van der Waals surface area contributed by atoms with Crippen molar-refractivity contribution in [3.05, 3.63) is 0 Å². The van der Waals surface area contributed by atoms with Crippen molar-refractivity contribution >= 4 is 24.0 Å². The van der Waals surface area contributed by atoms with E-state index in [1.165, 1.54) is 4.90 Å². The van der Waals surface area contributed by atoms with Gasteiger partial charge < -0.3 is 20.3 Å². The molecule has 1 saturated carbocycles. The highest BCUT2D eigenvalue weighted by Gasteiger charge is 2.53. The van der Waals surface area contributed by atoms with Crippen LogP contribution in [0.15, 0.2) is 0 Å². The first-order valence-electron chi connectivity index (χ1n) is 9.12. The first kappa shape index (κ1) is 20.3. The Morgan fingerprint density at radius 3 is 2.50 bits per heavy atom. The second kappa shape index (κ2) is 7.72. The molecule has 1 heterocycles. The molecule has 1 aliphatic heterocycles. The Morgan fingerprint density at radius 2 is 1.96 bits per heavy atom. The molecule has 1 saturated heterocycles. The molecule has 0 aromatic heterocycles. The Labute approximate surface area is 153 Å². The molecule has 2 atom stereocenters. The number of halogens is 1. The van der Waals surface area contributed by atoms with Crippen LogP contribution < -0.4 is 10.6 Å². The molecular weight excluding hydrogens is 341 g/mol. The zero-order valence-electron chi connectivity index (χ0n) is 15.6. The fourth-order valence-corrected chi connectivity index (χ4v) is 3.09. The van der Waals surface area contributed by atoms with Crippen molar-refractivity contribution in [3.8, 4) is 0 Å². The number of nitrogens with zero attached hydrogens (tertiary/aromatic N) is 1. The van der Waals surface area contributed by atoms with Gasteiger partial charge in [-0.25, -0.2) is 4.39 Å². The van der Waals surface area contributed by atoms with Crippen molar-refractivity contribution < 1.29 is 23.6 Å². The number of rotatable bonds is 7. The minimum Gasteiger partial charge on any atom is -0.354 e. The van der Waals surface area contributed by atoms with Gasteiger partial charge in [-0.15, -0.1) is 0 Å². The van der Waals surface area contributed by atoms with E-state index in [9.17, 15) is 23.6 Å². The summed E-state index contributed by atoms with van der Waals surface area (Å²) in [5, 5.41) is 5.22. The van der Waals surface area contributed by atoms with Gasteiger partial charge in [0.15, 0.2) is 5.67 Å². The van der Waals surface area contributed by atoms with Crippen molar-refractivity contribution in [2.24, 2.45) is 5.41 Å².